The molecule has 0 radical (unpaired) electrons. The van der Waals surface area contributed by atoms with Gasteiger partial charge in [0.1, 0.15) is 0 Å². The fourth-order valence-corrected chi connectivity index (χ4v) is 1.60. The SMILES string of the molecule is CCOC(=O)/C=C\c1ccc(CCC(C)(C)O)cc1. The van der Waals surface area contributed by atoms with Crippen LogP contribution in [-0.2, 0) is 16.0 Å². The summed E-state index contributed by atoms with van der Waals surface area (Å²) in [7, 11) is 0. The van der Waals surface area contributed by atoms with Gasteiger partial charge >= 0.3 is 5.97 Å². The minimum absolute atomic E-state index is 0.325. The maximum absolute atomic E-state index is 11.2. The Morgan fingerprint density at radius 3 is 2.47 bits per heavy atom. The Labute approximate surface area is 114 Å². The van der Waals surface area contributed by atoms with Gasteiger partial charge < -0.3 is 9.84 Å². The normalized spacial score (nSPS) is 11.8. The molecule has 3 nitrogen and oxygen atoms in total. The number of hydrogen-bond donors (Lipinski definition) is 1. The summed E-state index contributed by atoms with van der Waals surface area (Å²) in [5, 5.41) is 9.67. The summed E-state index contributed by atoms with van der Waals surface area (Å²) in [6, 6.07) is 7.93. The lowest BCUT2D eigenvalue weighted by Gasteiger charge is -2.16. The van der Waals surface area contributed by atoms with Crippen LogP contribution in [0.25, 0.3) is 6.08 Å². The molecule has 0 bridgehead atoms. The topological polar surface area (TPSA) is 46.5 Å². The Morgan fingerprint density at radius 2 is 1.95 bits per heavy atom. The van der Waals surface area contributed by atoms with E-state index in [2.05, 4.69) is 0 Å². The van der Waals surface area contributed by atoms with Crippen molar-refractivity contribution in [3.05, 3.63) is 41.5 Å². The number of hydrogen-bond acceptors (Lipinski definition) is 3. The lowest BCUT2D eigenvalue weighted by molar-refractivity contribution is -0.137. The second-order valence-electron chi connectivity index (χ2n) is 5.14. The van der Waals surface area contributed by atoms with E-state index in [1.807, 2.05) is 38.1 Å². The van der Waals surface area contributed by atoms with Crippen molar-refractivity contribution in [1.82, 2.24) is 0 Å². The van der Waals surface area contributed by atoms with Gasteiger partial charge in [0.2, 0.25) is 0 Å². The zero-order valence-electron chi connectivity index (χ0n) is 11.8. The van der Waals surface area contributed by atoms with Crippen molar-refractivity contribution in [2.45, 2.75) is 39.2 Å². The number of ether oxygens (including phenoxy) is 1. The molecule has 1 aromatic rings. The fourth-order valence-electron chi connectivity index (χ4n) is 1.60. The second kappa shape index (κ2) is 7.10. The van der Waals surface area contributed by atoms with Crippen molar-refractivity contribution in [3.63, 3.8) is 0 Å². The van der Waals surface area contributed by atoms with Crippen molar-refractivity contribution in [3.8, 4) is 0 Å². The van der Waals surface area contributed by atoms with Crippen LogP contribution in [0, 0.1) is 0 Å². The van der Waals surface area contributed by atoms with E-state index in [9.17, 15) is 9.90 Å². The molecular weight excluding hydrogens is 240 g/mol. The summed E-state index contributed by atoms with van der Waals surface area (Å²) >= 11 is 0. The highest BCUT2D eigenvalue weighted by atomic mass is 16.5. The minimum atomic E-state index is -0.636. The average molecular weight is 262 g/mol. The van der Waals surface area contributed by atoms with Gasteiger partial charge in [0, 0.05) is 6.08 Å². The number of aliphatic hydroxyl groups is 1. The van der Waals surface area contributed by atoms with Gasteiger partial charge in [-0.15, -0.1) is 0 Å². The summed E-state index contributed by atoms with van der Waals surface area (Å²) in [5.74, 6) is -0.325. The smallest absolute Gasteiger partial charge is 0.330 e. The molecule has 0 aliphatic carbocycles. The number of carbonyl (C=O) groups is 1. The lowest BCUT2D eigenvalue weighted by Crippen LogP contribution is -2.19. The van der Waals surface area contributed by atoms with Crippen LogP contribution < -0.4 is 0 Å². The molecule has 104 valence electrons. The monoisotopic (exact) mass is 262 g/mol. The first-order chi connectivity index (χ1) is 8.90. The van der Waals surface area contributed by atoms with E-state index in [0.29, 0.717) is 6.61 Å². The van der Waals surface area contributed by atoms with Gasteiger partial charge in [0.25, 0.3) is 0 Å². The molecule has 0 amide bonds. The predicted octanol–water partition coefficient (Wildman–Crippen LogP) is 2.97. The third-order valence-corrected chi connectivity index (χ3v) is 2.70. The largest absolute Gasteiger partial charge is 0.463 e. The van der Waals surface area contributed by atoms with Crippen LogP contribution in [-0.4, -0.2) is 23.3 Å². The summed E-state index contributed by atoms with van der Waals surface area (Å²) < 4.78 is 4.81. The van der Waals surface area contributed by atoms with Crippen LogP contribution in [0.15, 0.2) is 30.3 Å². The molecule has 0 heterocycles. The Bertz CT molecular complexity index is 424. The van der Waals surface area contributed by atoms with Gasteiger partial charge in [0.05, 0.1) is 12.2 Å². The van der Waals surface area contributed by atoms with Gasteiger partial charge in [-0.2, -0.15) is 0 Å². The molecule has 0 saturated carbocycles. The molecular formula is C16H22O3. The van der Waals surface area contributed by atoms with Crippen LogP contribution in [0.1, 0.15) is 38.3 Å². The fraction of sp³-hybridized carbons (Fsp3) is 0.438. The summed E-state index contributed by atoms with van der Waals surface area (Å²) in [6.07, 6.45) is 4.73. The molecule has 0 fully saturated rings. The number of aryl methyl sites for hydroxylation is 1. The van der Waals surface area contributed by atoms with Crippen LogP contribution in [0.3, 0.4) is 0 Å². The highest BCUT2D eigenvalue weighted by Gasteiger charge is 2.11. The van der Waals surface area contributed by atoms with Gasteiger partial charge in [-0.05, 0) is 50.8 Å². The van der Waals surface area contributed by atoms with Gasteiger partial charge in [-0.1, -0.05) is 24.3 Å². The minimum Gasteiger partial charge on any atom is -0.463 e. The molecule has 0 atom stereocenters. The highest BCUT2D eigenvalue weighted by molar-refractivity contribution is 5.86. The third-order valence-electron chi connectivity index (χ3n) is 2.70. The Balaban J connectivity index is 2.54. The van der Waals surface area contributed by atoms with E-state index in [1.54, 1.807) is 13.0 Å². The maximum atomic E-state index is 11.2. The first-order valence-electron chi connectivity index (χ1n) is 6.57. The molecule has 0 unspecified atom stereocenters. The predicted molar refractivity (Wildman–Crippen MR) is 76.7 cm³/mol. The van der Waals surface area contributed by atoms with Crippen molar-refractivity contribution >= 4 is 12.0 Å². The summed E-state index contributed by atoms with van der Waals surface area (Å²) in [5.41, 5.74) is 1.50. The maximum Gasteiger partial charge on any atom is 0.330 e. The zero-order chi connectivity index (χ0) is 14.3. The molecule has 0 aromatic heterocycles. The molecule has 1 rings (SSSR count). The van der Waals surface area contributed by atoms with Crippen molar-refractivity contribution in [1.29, 1.82) is 0 Å². The van der Waals surface area contributed by atoms with E-state index in [0.717, 1.165) is 18.4 Å². The summed E-state index contributed by atoms with van der Waals surface area (Å²) in [6.45, 7) is 5.79. The first-order valence-corrected chi connectivity index (χ1v) is 6.57. The van der Waals surface area contributed by atoms with Gasteiger partial charge in [-0.3, -0.25) is 0 Å². The van der Waals surface area contributed by atoms with E-state index >= 15 is 0 Å². The molecule has 0 aliphatic heterocycles. The van der Waals surface area contributed by atoms with Crippen molar-refractivity contribution in [2.24, 2.45) is 0 Å². The van der Waals surface area contributed by atoms with E-state index in [-0.39, 0.29) is 5.97 Å². The van der Waals surface area contributed by atoms with Gasteiger partial charge in [-0.25, -0.2) is 4.79 Å². The van der Waals surface area contributed by atoms with E-state index < -0.39 is 5.60 Å². The molecule has 0 spiro atoms. The van der Waals surface area contributed by atoms with Gasteiger partial charge in [0.15, 0.2) is 0 Å². The second-order valence-corrected chi connectivity index (χ2v) is 5.14. The Morgan fingerprint density at radius 1 is 1.32 bits per heavy atom. The molecule has 3 heteroatoms. The Hall–Kier alpha value is -1.61. The van der Waals surface area contributed by atoms with Crippen LogP contribution >= 0.6 is 0 Å². The standard InChI is InChI=1S/C16H22O3/c1-4-19-15(17)10-9-13-5-7-14(8-6-13)11-12-16(2,3)18/h5-10,18H,4,11-12H2,1-3H3/b10-9-. The highest BCUT2D eigenvalue weighted by Crippen LogP contribution is 2.14. The molecule has 1 N–H and O–H groups in total. The summed E-state index contributed by atoms with van der Waals surface area (Å²) in [4.78, 5) is 11.2. The van der Waals surface area contributed by atoms with Crippen LogP contribution in [0.4, 0.5) is 0 Å². The third kappa shape index (κ3) is 6.77. The molecule has 1 aromatic carbocycles. The van der Waals surface area contributed by atoms with Crippen molar-refractivity contribution in [2.75, 3.05) is 6.61 Å². The Kier molecular flexibility index (Phi) is 5.77. The molecule has 19 heavy (non-hydrogen) atoms. The van der Waals surface area contributed by atoms with E-state index in [1.165, 1.54) is 11.6 Å². The molecule has 0 saturated heterocycles. The van der Waals surface area contributed by atoms with Crippen LogP contribution in [0.2, 0.25) is 0 Å². The number of rotatable bonds is 6. The van der Waals surface area contributed by atoms with Crippen molar-refractivity contribution < 1.29 is 14.6 Å². The van der Waals surface area contributed by atoms with Crippen LogP contribution in [0.5, 0.6) is 0 Å². The number of benzene rings is 1. The molecule has 0 aliphatic rings. The number of esters is 1. The quantitative estimate of drug-likeness (QED) is 0.633. The first kappa shape index (κ1) is 15.4. The lowest BCUT2D eigenvalue weighted by atomic mass is 9.98. The average Bonchev–Trinajstić information content (AvgIpc) is 2.34. The zero-order valence-corrected chi connectivity index (χ0v) is 11.8. The number of carbonyl (C=O) groups excluding carboxylic acids is 1. The van der Waals surface area contributed by atoms with E-state index in [4.69, 9.17) is 4.74 Å².